The largest absolute Gasteiger partial charge is 0.497 e. The SMILES string of the molecule is COc1cc(CN2CCC(C(=O)N3CCOCC3)C2)cc(OC)c1. The summed E-state index contributed by atoms with van der Waals surface area (Å²) >= 11 is 0. The fourth-order valence-corrected chi connectivity index (χ4v) is 3.44. The third kappa shape index (κ3) is 3.99. The lowest BCUT2D eigenvalue weighted by Crippen LogP contribution is -2.44. The van der Waals surface area contributed by atoms with Crippen LogP contribution in [0.25, 0.3) is 0 Å². The Balaban J connectivity index is 1.58. The number of ether oxygens (including phenoxy) is 3. The molecule has 1 aromatic rings. The first kappa shape index (κ1) is 17.0. The molecule has 0 N–H and O–H groups in total. The van der Waals surface area contributed by atoms with Crippen LogP contribution in [-0.2, 0) is 16.1 Å². The van der Waals surface area contributed by atoms with Crippen molar-refractivity contribution in [2.24, 2.45) is 5.92 Å². The lowest BCUT2D eigenvalue weighted by molar-refractivity contribution is -0.139. The number of morpholine rings is 1. The summed E-state index contributed by atoms with van der Waals surface area (Å²) in [6, 6.07) is 5.93. The van der Waals surface area contributed by atoms with Crippen LogP contribution < -0.4 is 9.47 Å². The fraction of sp³-hybridized carbons (Fsp3) is 0.611. The average molecular weight is 334 g/mol. The summed E-state index contributed by atoms with van der Waals surface area (Å²) < 4.78 is 16.0. The van der Waals surface area contributed by atoms with Gasteiger partial charge in [0.15, 0.2) is 0 Å². The molecular formula is C18H26N2O4. The molecule has 0 radical (unpaired) electrons. The van der Waals surface area contributed by atoms with E-state index in [-0.39, 0.29) is 11.8 Å². The predicted octanol–water partition coefficient (Wildman–Crippen LogP) is 1.38. The quantitative estimate of drug-likeness (QED) is 0.814. The number of methoxy groups -OCH3 is 2. The Morgan fingerprint density at radius 1 is 1.12 bits per heavy atom. The molecule has 2 heterocycles. The zero-order valence-electron chi connectivity index (χ0n) is 14.5. The van der Waals surface area contributed by atoms with E-state index in [1.54, 1.807) is 14.2 Å². The maximum atomic E-state index is 12.6. The van der Waals surface area contributed by atoms with Gasteiger partial charge in [-0.05, 0) is 30.7 Å². The summed E-state index contributed by atoms with van der Waals surface area (Å²) in [4.78, 5) is 16.9. The molecule has 6 nitrogen and oxygen atoms in total. The Morgan fingerprint density at radius 3 is 2.42 bits per heavy atom. The highest BCUT2D eigenvalue weighted by molar-refractivity contribution is 5.79. The molecule has 6 heteroatoms. The molecule has 1 amide bonds. The minimum absolute atomic E-state index is 0.107. The Labute approximate surface area is 143 Å². The van der Waals surface area contributed by atoms with Crippen molar-refractivity contribution in [1.82, 2.24) is 9.80 Å². The molecule has 2 aliphatic heterocycles. The van der Waals surface area contributed by atoms with E-state index >= 15 is 0 Å². The predicted molar refractivity (Wildman–Crippen MR) is 90.3 cm³/mol. The van der Waals surface area contributed by atoms with Gasteiger partial charge in [-0.2, -0.15) is 0 Å². The molecule has 1 aromatic carbocycles. The van der Waals surface area contributed by atoms with Crippen molar-refractivity contribution in [3.05, 3.63) is 23.8 Å². The van der Waals surface area contributed by atoms with Gasteiger partial charge in [0.2, 0.25) is 5.91 Å². The van der Waals surface area contributed by atoms with Crippen LogP contribution in [-0.4, -0.2) is 69.3 Å². The van der Waals surface area contributed by atoms with Gasteiger partial charge in [-0.3, -0.25) is 9.69 Å². The summed E-state index contributed by atoms with van der Waals surface area (Å²) in [5.41, 5.74) is 1.14. The molecule has 1 unspecified atom stereocenters. The summed E-state index contributed by atoms with van der Waals surface area (Å²) in [5.74, 6) is 1.98. The fourth-order valence-electron chi connectivity index (χ4n) is 3.44. The molecule has 1 atom stereocenters. The van der Waals surface area contributed by atoms with Gasteiger partial charge in [-0.15, -0.1) is 0 Å². The standard InChI is InChI=1S/C18H26N2O4/c1-22-16-9-14(10-17(11-16)23-2)12-19-4-3-15(13-19)18(21)20-5-7-24-8-6-20/h9-11,15H,3-8,12-13H2,1-2H3. The Morgan fingerprint density at radius 2 is 1.79 bits per heavy atom. The molecule has 132 valence electrons. The van der Waals surface area contributed by atoms with Gasteiger partial charge in [0.1, 0.15) is 11.5 Å². The van der Waals surface area contributed by atoms with Gasteiger partial charge in [0.25, 0.3) is 0 Å². The normalized spacial score (nSPS) is 21.8. The van der Waals surface area contributed by atoms with Gasteiger partial charge in [-0.25, -0.2) is 0 Å². The number of hydrogen-bond acceptors (Lipinski definition) is 5. The van der Waals surface area contributed by atoms with E-state index in [1.807, 2.05) is 23.1 Å². The maximum absolute atomic E-state index is 12.6. The zero-order chi connectivity index (χ0) is 16.9. The molecule has 24 heavy (non-hydrogen) atoms. The highest BCUT2D eigenvalue weighted by Gasteiger charge is 2.32. The number of carbonyl (C=O) groups excluding carboxylic acids is 1. The van der Waals surface area contributed by atoms with E-state index in [4.69, 9.17) is 14.2 Å². The van der Waals surface area contributed by atoms with Crippen LogP contribution in [0.4, 0.5) is 0 Å². The van der Waals surface area contributed by atoms with E-state index in [1.165, 1.54) is 0 Å². The molecule has 0 aliphatic carbocycles. The molecule has 3 rings (SSSR count). The van der Waals surface area contributed by atoms with Gasteiger partial charge >= 0.3 is 0 Å². The smallest absolute Gasteiger partial charge is 0.227 e. The van der Waals surface area contributed by atoms with Crippen molar-refractivity contribution in [3.63, 3.8) is 0 Å². The molecule has 2 aliphatic rings. The number of benzene rings is 1. The van der Waals surface area contributed by atoms with Crippen molar-refractivity contribution in [3.8, 4) is 11.5 Å². The Hall–Kier alpha value is -1.79. The third-order valence-electron chi connectivity index (χ3n) is 4.76. The molecule has 0 saturated carbocycles. The van der Waals surface area contributed by atoms with Crippen LogP contribution in [0, 0.1) is 5.92 Å². The highest BCUT2D eigenvalue weighted by Crippen LogP contribution is 2.26. The van der Waals surface area contributed by atoms with Gasteiger partial charge in [-0.1, -0.05) is 0 Å². The third-order valence-corrected chi connectivity index (χ3v) is 4.76. The van der Waals surface area contributed by atoms with Crippen molar-refractivity contribution in [1.29, 1.82) is 0 Å². The number of carbonyl (C=O) groups is 1. The molecule has 2 fully saturated rings. The summed E-state index contributed by atoms with van der Waals surface area (Å²) in [7, 11) is 3.32. The molecule has 2 saturated heterocycles. The molecule has 0 aromatic heterocycles. The summed E-state index contributed by atoms with van der Waals surface area (Å²) in [5, 5.41) is 0. The Kier molecular flexibility index (Phi) is 5.58. The van der Waals surface area contributed by atoms with E-state index in [0.717, 1.165) is 56.2 Å². The van der Waals surface area contributed by atoms with Crippen LogP contribution in [0.15, 0.2) is 18.2 Å². The molecular weight excluding hydrogens is 308 g/mol. The minimum Gasteiger partial charge on any atom is -0.497 e. The number of amides is 1. The van der Waals surface area contributed by atoms with Crippen LogP contribution in [0.2, 0.25) is 0 Å². The first-order valence-electron chi connectivity index (χ1n) is 8.50. The zero-order valence-corrected chi connectivity index (χ0v) is 14.5. The Bertz CT molecular complexity index is 550. The van der Waals surface area contributed by atoms with Crippen LogP contribution in [0.1, 0.15) is 12.0 Å². The van der Waals surface area contributed by atoms with Crippen molar-refractivity contribution in [2.75, 3.05) is 53.6 Å². The van der Waals surface area contributed by atoms with E-state index in [2.05, 4.69) is 4.90 Å². The second kappa shape index (κ2) is 7.85. The van der Waals surface area contributed by atoms with Crippen molar-refractivity contribution < 1.29 is 19.0 Å². The summed E-state index contributed by atoms with van der Waals surface area (Å²) in [6.45, 7) is 5.33. The molecule has 0 spiro atoms. The number of likely N-dealkylation sites (tertiary alicyclic amines) is 1. The second-order valence-corrected chi connectivity index (χ2v) is 6.38. The topological polar surface area (TPSA) is 51.2 Å². The lowest BCUT2D eigenvalue weighted by Gasteiger charge is -2.29. The van der Waals surface area contributed by atoms with E-state index in [9.17, 15) is 4.79 Å². The molecule has 0 bridgehead atoms. The highest BCUT2D eigenvalue weighted by atomic mass is 16.5. The maximum Gasteiger partial charge on any atom is 0.227 e. The summed E-state index contributed by atoms with van der Waals surface area (Å²) in [6.07, 6.45) is 0.928. The van der Waals surface area contributed by atoms with Crippen LogP contribution in [0.5, 0.6) is 11.5 Å². The average Bonchev–Trinajstić information content (AvgIpc) is 3.09. The van der Waals surface area contributed by atoms with E-state index < -0.39 is 0 Å². The van der Waals surface area contributed by atoms with Crippen molar-refractivity contribution in [2.45, 2.75) is 13.0 Å². The van der Waals surface area contributed by atoms with E-state index in [0.29, 0.717) is 13.2 Å². The number of rotatable bonds is 5. The minimum atomic E-state index is 0.107. The van der Waals surface area contributed by atoms with Crippen LogP contribution >= 0.6 is 0 Å². The van der Waals surface area contributed by atoms with Crippen LogP contribution in [0.3, 0.4) is 0 Å². The van der Waals surface area contributed by atoms with Gasteiger partial charge in [0, 0.05) is 32.2 Å². The lowest BCUT2D eigenvalue weighted by atomic mass is 10.1. The first-order chi connectivity index (χ1) is 11.7. The van der Waals surface area contributed by atoms with Gasteiger partial charge < -0.3 is 19.1 Å². The number of nitrogens with zero attached hydrogens (tertiary/aromatic N) is 2. The number of hydrogen-bond donors (Lipinski definition) is 0. The monoisotopic (exact) mass is 334 g/mol. The van der Waals surface area contributed by atoms with Crippen molar-refractivity contribution >= 4 is 5.91 Å². The second-order valence-electron chi connectivity index (χ2n) is 6.38. The van der Waals surface area contributed by atoms with Gasteiger partial charge in [0.05, 0.1) is 33.4 Å². The first-order valence-corrected chi connectivity index (χ1v) is 8.50.